The number of carbonyl (C=O) groups excluding carboxylic acids is 1. The number of piperazine rings is 1. The molecule has 2 aliphatic heterocycles. The summed E-state index contributed by atoms with van der Waals surface area (Å²) in [4.78, 5) is 25.7. The molecule has 2 N–H and O–H groups in total. The maximum absolute atomic E-state index is 12.6. The van der Waals surface area contributed by atoms with Gasteiger partial charge < -0.3 is 15.4 Å². The molecule has 0 aliphatic carbocycles. The highest BCUT2D eigenvalue weighted by Gasteiger charge is 2.24. The van der Waals surface area contributed by atoms with Crippen molar-refractivity contribution in [1.29, 1.82) is 0 Å². The van der Waals surface area contributed by atoms with Crippen LogP contribution in [0.4, 0.5) is 5.69 Å². The monoisotopic (exact) mass is 348 g/mol. The van der Waals surface area contributed by atoms with E-state index in [-0.39, 0.29) is 23.2 Å². The van der Waals surface area contributed by atoms with Crippen LogP contribution < -0.4 is 10.6 Å². The van der Waals surface area contributed by atoms with Crippen LogP contribution in [-0.4, -0.2) is 61.2 Å². The number of nitro benzene ring substituents is 1. The topological polar surface area (TPSA) is 96.7 Å². The van der Waals surface area contributed by atoms with Crippen LogP contribution in [0.3, 0.4) is 0 Å². The summed E-state index contributed by atoms with van der Waals surface area (Å²) in [7, 11) is 0. The first-order valence-corrected chi connectivity index (χ1v) is 8.72. The van der Waals surface area contributed by atoms with E-state index in [1.165, 1.54) is 6.07 Å². The van der Waals surface area contributed by atoms with Gasteiger partial charge in [-0.05, 0) is 24.5 Å². The van der Waals surface area contributed by atoms with Crippen LogP contribution in [0, 0.1) is 10.1 Å². The van der Waals surface area contributed by atoms with Gasteiger partial charge >= 0.3 is 0 Å². The SMILES string of the molecule is O=C(NC1CCOCC1)c1cc(CN2CCNCC2)ccc1[N+](=O)[O-]. The zero-order valence-electron chi connectivity index (χ0n) is 14.2. The smallest absolute Gasteiger partial charge is 0.282 e. The molecule has 8 heteroatoms. The first kappa shape index (κ1) is 17.8. The number of hydrogen-bond donors (Lipinski definition) is 2. The molecular formula is C17H24N4O4. The molecular weight excluding hydrogens is 324 g/mol. The first-order chi connectivity index (χ1) is 12.1. The normalized spacial score (nSPS) is 19.5. The van der Waals surface area contributed by atoms with E-state index in [9.17, 15) is 14.9 Å². The Morgan fingerprint density at radius 2 is 2.04 bits per heavy atom. The zero-order chi connectivity index (χ0) is 17.6. The van der Waals surface area contributed by atoms with Gasteiger partial charge in [-0.15, -0.1) is 0 Å². The second kappa shape index (κ2) is 8.37. The van der Waals surface area contributed by atoms with E-state index in [4.69, 9.17) is 4.74 Å². The van der Waals surface area contributed by atoms with Gasteiger partial charge in [0.1, 0.15) is 5.56 Å². The third kappa shape index (κ3) is 4.75. The third-order valence-corrected chi connectivity index (χ3v) is 4.67. The molecule has 3 rings (SSSR count). The van der Waals surface area contributed by atoms with E-state index < -0.39 is 4.92 Å². The molecule has 25 heavy (non-hydrogen) atoms. The molecule has 2 fully saturated rings. The van der Waals surface area contributed by atoms with Gasteiger partial charge in [0, 0.05) is 58.0 Å². The highest BCUT2D eigenvalue weighted by molar-refractivity contribution is 5.98. The Hall–Kier alpha value is -2.03. The van der Waals surface area contributed by atoms with Crippen molar-refractivity contribution in [3.05, 3.63) is 39.4 Å². The summed E-state index contributed by atoms with van der Waals surface area (Å²) in [5.41, 5.74) is 0.919. The lowest BCUT2D eigenvalue weighted by molar-refractivity contribution is -0.385. The molecule has 0 bridgehead atoms. The predicted octanol–water partition coefficient (Wildman–Crippen LogP) is 0.909. The average molecular weight is 348 g/mol. The van der Waals surface area contributed by atoms with E-state index in [1.54, 1.807) is 12.1 Å². The van der Waals surface area contributed by atoms with Gasteiger partial charge in [-0.2, -0.15) is 0 Å². The first-order valence-electron chi connectivity index (χ1n) is 8.72. The van der Waals surface area contributed by atoms with Gasteiger partial charge in [-0.1, -0.05) is 6.07 Å². The van der Waals surface area contributed by atoms with Crippen LogP contribution in [0.5, 0.6) is 0 Å². The van der Waals surface area contributed by atoms with Gasteiger partial charge in [0.05, 0.1) is 4.92 Å². The maximum atomic E-state index is 12.6. The molecule has 1 aromatic carbocycles. The Labute approximate surface area is 146 Å². The van der Waals surface area contributed by atoms with Crippen LogP contribution in [0.1, 0.15) is 28.8 Å². The van der Waals surface area contributed by atoms with Crippen LogP contribution in [0.15, 0.2) is 18.2 Å². The number of amides is 1. The third-order valence-electron chi connectivity index (χ3n) is 4.67. The van der Waals surface area contributed by atoms with Crippen molar-refractivity contribution in [2.24, 2.45) is 0 Å². The lowest BCUT2D eigenvalue weighted by atomic mass is 10.0. The van der Waals surface area contributed by atoms with Crippen molar-refractivity contribution in [1.82, 2.24) is 15.5 Å². The fourth-order valence-corrected chi connectivity index (χ4v) is 3.26. The molecule has 136 valence electrons. The number of hydrogen-bond acceptors (Lipinski definition) is 6. The molecule has 0 aromatic heterocycles. The van der Waals surface area contributed by atoms with Gasteiger partial charge in [0.2, 0.25) is 0 Å². The summed E-state index contributed by atoms with van der Waals surface area (Å²) in [6.45, 7) is 5.64. The Kier molecular flexibility index (Phi) is 5.95. The fourth-order valence-electron chi connectivity index (χ4n) is 3.26. The molecule has 0 atom stereocenters. The van der Waals surface area contributed by atoms with Crippen LogP contribution in [0.25, 0.3) is 0 Å². The van der Waals surface area contributed by atoms with Crippen LogP contribution >= 0.6 is 0 Å². The molecule has 2 aliphatic rings. The molecule has 0 spiro atoms. The number of carbonyl (C=O) groups is 1. The van der Waals surface area contributed by atoms with Crippen LogP contribution in [0.2, 0.25) is 0 Å². The number of rotatable bonds is 5. The minimum atomic E-state index is -0.493. The van der Waals surface area contributed by atoms with Crippen molar-refractivity contribution in [3.8, 4) is 0 Å². The summed E-state index contributed by atoms with van der Waals surface area (Å²) < 4.78 is 5.28. The maximum Gasteiger partial charge on any atom is 0.282 e. The van der Waals surface area contributed by atoms with Crippen molar-refractivity contribution in [2.75, 3.05) is 39.4 Å². The molecule has 0 radical (unpaired) electrons. The summed E-state index contributed by atoms with van der Waals surface area (Å²) >= 11 is 0. The summed E-state index contributed by atoms with van der Waals surface area (Å²) in [6.07, 6.45) is 1.47. The summed E-state index contributed by atoms with van der Waals surface area (Å²) in [6, 6.07) is 4.86. The predicted molar refractivity (Wildman–Crippen MR) is 92.6 cm³/mol. The second-order valence-corrected chi connectivity index (χ2v) is 6.49. The Morgan fingerprint density at radius 1 is 1.32 bits per heavy atom. The van der Waals surface area contributed by atoms with Gasteiger partial charge in [0.25, 0.3) is 11.6 Å². The lowest BCUT2D eigenvalue weighted by Gasteiger charge is -2.27. The summed E-state index contributed by atoms with van der Waals surface area (Å²) in [5.74, 6) is -0.374. The van der Waals surface area contributed by atoms with Gasteiger partial charge in [-0.3, -0.25) is 19.8 Å². The average Bonchev–Trinajstić information content (AvgIpc) is 2.63. The molecule has 2 heterocycles. The minimum Gasteiger partial charge on any atom is -0.381 e. The molecule has 1 amide bonds. The highest BCUT2D eigenvalue weighted by atomic mass is 16.6. The number of nitro groups is 1. The van der Waals surface area contributed by atoms with Gasteiger partial charge in [0.15, 0.2) is 0 Å². The zero-order valence-corrected chi connectivity index (χ0v) is 14.2. The van der Waals surface area contributed by atoms with E-state index in [0.29, 0.717) is 19.8 Å². The molecule has 1 aromatic rings. The fraction of sp³-hybridized carbons (Fsp3) is 0.588. The van der Waals surface area contributed by atoms with Crippen molar-refractivity contribution < 1.29 is 14.5 Å². The van der Waals surface area contributed by atoms with Crippen molar-refractivity contribution in [3.63, 3.8) is 0 Å². The number of ether oxygens (including phenoxy) is 1. The highest BCUT2D eigenvalue weighted by Crippen LogP contribution is 2.22. The van der Waals surface area contributed by atoms with Crippen molar-refractivity contribution >= 4 is 11.6 Å². The molecule has 8 nitrogen and oxygen atoms in total. The van der Waals surface area contributed by atoms with E-state index in [1.807, 2.05) is 0 Å². The second-order valence-electron chi connectivity index (χ2n) is 6.49. The number of nitrogens with zero attached hydrogens (tertiary/aromatic N) is 2. The van der Waals surface area contributed by atoms with E-state index in [2.05, 4.69) is 15.5 Å². The number of nitrogens with one attached hydrogen (secondary N) is 2. The standard InChI is InChI=1S/C17H24N4O4/c22-17(19-14-3-9-25-10-4-14)15-11-13(1-2-16(15)21(23)24)12-20-7-5-18-6-8-20/h1-2,11,14,18H,3-10,12H2,(H,19,22). The Balaban J connectivity index is 1.75. The molecule has 0 saturated carbocycles. The van der Waals surface area contributed by atoms with Crippen LogP contribution in [-0.2, 0) is 11.3 Å². The Bertz CT molecular complexity index is 625. The largest absolute Gasteiger partial charge is 0.381 e. The van der Waals surface area contributed by atoms with Gasteiger partial charge in [-0.25, -0.2) is 0 Å². The van der Waals surface area contributed by atoms with E-state index in [0.717, 1.165) is 44.6 Å². The Morgan fingerprint density at radius 3 is 2.72 bits per heavy atom. The molecule has 0 unspecified atom stereocenters. The van der Waals surface area contributed by atoms with E-state index >= 15 is 0 Å². The molecule has 2 saturated heterocycles. The summed E-state index contributed by atoms with van der Waals surface area (Å²) in [5, 5.41) is 17.5. The minimum absolute atomic E-state index is 0.0117. The lowest BCUT2D eigenvalue weighted by Crippen LogP contribution is -2.43. The van der Waals surface area contributed by atoms with Crippen molar-refractivity contribution in [2.45, 2.75) is 25.4 Å². The number of benzene rings is 1. The quantitative estimate of drug-likeness (QED) is 0.606.